The largest absolute Gasteiger partial charge is 0.478 e. The Kier molecular flexibility index (Phi) is 3.09. The maximum atomic E-state index is 11.2. The first kappa shape index (κ1) is 11.2. The summed E-state index contributed by atoms with van der Waals surface area (Å²) in [5.74, 6) is -0.594. The van der Waals surface area contributed by atoms with Gasteiger partial charge in [0, 0.05) is 12.6 Å². The molecule has 0 radical (unpaired) electrons. The summed E-state index contributed by atoms with van der Waals surface area (Å²) < 4.78 is 6.95. The van der Waals surface area contributed by atoms with Crippen molar-refractivity contribution in [3.63, 3.8) is 0 Å². The highest BCUT2D eigenvalue weighted by molar-refractivity contribution is 5.74. The number of carboxylic acids is 1. The predicted molar refractivity (Wildman–Crippen MR) is 60.7 cm³/mol. The van der Waals surface area contributed by atoms with E-state index in [9.17, 15) is 4.79 Å². The van der Waals surface area contributed by atoms with Crippen LogP contribution in [0.5, 0.6) is 5.75 Å². The first-order chi connectivity index (χ1) is 8.16. The number of carboxylic acid groups (broad SMARTS) is 1. The smallest absolute Gasteiger partial charge is 0.349 e. The number of hydrogen-bond acceptors (Lipinski definition) is 3. The third-order valence-electron chi connectivity index (χ3n) is 2.26. The van der Waals surface area contributed by atoms with Gasteiger partial charge in [-0.15, -0.1) is 0 Å². The van der Waals surface area contributed by atoms with Gasteiger partial charge in [-0.2, -0.15) is 5.10 Å². The first-order valence-corrected chi connectivity index (χ1v) is 5.10. The Hall–Kier alpha value is -2.30. The highest BCUT2D eigenvalue weighted by Gasteiger charge is 2.21. The monoisotopic (exact) mass is 232 g/mol. The van der Waals surface area contributed by atoms with Gasteiger partial charge in [-0.25, -0.2) is 4.79 Å². The van der Waals surface area contributed by atoms with Gasteiger partial charge in [-0.05, 0) is 0 Å². The zero-order chi connectivity index (χ0) is 12.3. The quantitative estimate of drug-likeness (QED) is 0.870. The lowest BCUT2D eigenvalue weighted by Crippen LogP contribution is -2.17. The predicted octanol–water partition coefficient (Wildman–Crippen LogP) is 1.62. The molecule has 0 amide bonds. The molecule has 1 N–H and O–H groups in total. The highest BCUT2D eigenvalue weighted by atomic mass is 16.5. The van der Waals surface area contributed by atoms with Crippen molar-refractivity contribution in [3.8, 4) is 5.75 Å². The number of aliphatic carboxylic acids is 1. The molecule has 1 unspecified atom stereocenters. The van der Waals surface area contributed by atoms with Crippen molar-refractivity contribution in [2.75, 3.05) is 0 Å². The number of hydrogen-bond donors (Lipinski definition) is 1. The number of aromatic nitrogens is 2. The van der Waals surface area contributed by atoms with Crippen LogP contribution >= 0.6 is 0 Å². The van der Waals surface area contributed by atoms with Crippen molar-refractivity contribution in [1.82, 2.24) is 9.78 Å². The van der Waals surface area contributed by atoms with E-state index in [1.54, 1.807) is 42.2 Å². The van der Waals surface area contributed by atoms with Crippen molar-refractivity contribution in [1.29, 1.82) is 0 Å². The topological polar surface area (TPSA) is 64.3 Å². The normalized spacial score (nSPS) is 12.1. The van der Waals surface area contributed by atoms with Crippen LogP contribution in [0.4, 0.5) is 0 Å². The minimum Gasteiger partial charge on any atom is -0.478 e. The Morgan fingerprint density at radius 2 is 2.12 bits per heavy atom. The Morgan fingerprint density at radius 1 is 1.41 bits per heavy atom. The molecule has 5 heteroatoms. The average molecular weight is 232 g/mol. The fraction of sp³-hybridized carbons (Fsp3) is 0.167. The molecule has 1 heterocycles. The van der Waals surface area contributed by atoms with Crippen LogP contribution in [0.2, 0.25) is 0 Å². The van der Waals surface area contributed by atoms with Gasteiger partial charge in [0.25, 0.3) is 0 Å². The van der Waals surface area contributed by atoms with Crippen LogP contribution in [-0.4, -0.2) is 20.9 Å². The van der Waals surface area contributed by atoms with Gasteiger partial charge in [0.1, 0.15) is 0 Å². The van der Waals surface area contributed by atoms with Gasteiger partial charge < -0.3 is 9.84 Å². The van der Waals surface area contributed by atoms with E-state index in [1.807, 2.05) is 6.07 Å². The number of rotatable bonds is 4. The van der Waals surface area contributed by atoms with E-state index in [-0.39, 0.29) is 0 Å². The third kappa shape index (κ3) is 2.63. The second kappa shape index (κ2) is 4.69. The van der Waals surface area contributed by atoms with E-state index in [2.05, 4.69) is 5.10 Å². The van der Waals surface area contributed by atoms with Crippen LogP contribution in [0.25, 0.3) is 0 Å². The molecule has 0 aliphatic rings. The number of aryl methyl sites for hydroxylation is 1. The van der Waals surface area contributed by atoms with Gasteiger partial charge in [0.2, 0.25) is 6.10 Å². The van der Waals surface area contributed by atoms with E-state index in [0.29, 0.717) is 11.3 Å². The van der Waals surface area contributed by atoms with E-state index in [4.69, 9.17) is 9.84 Å². The van der Waals surface area contributed by atoms with Crippen molar-refractivity contribution in [2.45, 2.75) is 6.10 Å². The van der Waals surface area contributed by atoms with Crippen LogP contribution in [0, 0.1) is 0 Å². The molecule has 2 rings (SSSR count). The lowest BCUT2D eigenvalue weighted by atomic mass is 10.1. The summed E-state index contributed by atoms with van der Waals surface area (Å²) in [6, 6.07) is 8.81. The fourth-order valence-corrected chi connectivity index (χ4v) is 1.48. The Labute approximate surface area is 98.3 Å². The summed E-state index contributed by atoms with van der Waals surface area (Å²) in [6.07, 6.45) is 2.10. The fourth-order valence-electron chi connectivity index (χ4n) is 1.48. The molecule has 0 bridgehead atoms. The van der Waals surface area contributed by atoms with Crippen LogP contribution in [-0.2, 0) is 11.8 Å². The van der Waals surface area contributed by atoms with Gasteiger partial charge in [-0.1, -0.05) is 30.3 Å². The van der Waals surface area contributed by atoms with Gasteiger partial charge in [-0.3, -0.25) is 4.68 Å². The second-order valence-corrected chi connectivity index (χ2v) is 3.60. The Bertz CT molecular complexity index is 507. The van der Waals surface area contributed by atoms with Gasteiger partial charge in [0.15, 0.2) is 5.75 Å². The molecule has 1 atom stereocenters. The summed E-state index contributed by atoms with van der Waals surface area (Å²) in [5, 5.41) is 13.1. The highest BCUT2D eigenvalue weighted by Crippen LogP contribution is 2.21. The van der Waals surface area contributed by atoms with Gasteiger partial charge in [0.05, 0.1) is 12.4 Å². The van der Waals surface area contributed by atoms with E-state index < -0.39 is 12.1 Å². The summed E-state index contributed by atoms with van der Waals surface area (Å²) >= 11 is 0. The first-order valence-electron chi connectivity index (χ1n) is 5.10. The molecule has 2 aromatic rings. The molecule has 88 valence electrons. The molecule has 0 saturated heterocycles. The number of nitrogens with zero attached hydrogens (tertiary/aromatic N) is 2. The molecule has 1 aromatic carbocycles. The van der Waals surface area contributed by atoms with E-state index in [0.717, 1.165) is 0 Å². The maximum absolute atomic E-state index is 11.2. The Morgan fingerprint density at radius 3 is 2.65 bits per heavy atom. The summed E-state index contributed by atoms with van der Waals surface area (Å²) in [7, 11) is 1.74. The minimum absolute atomic E-state index is 0.434. The molecule has 0 saturated carbocycles. The summed E-state index contributed by atoms with van der Waals surface area (Å²) in [5.41, 5.74) is 0.601. The number of benzene rings is 1. The van der Waals surface area contributed by atoms with Crippen LogP contribution in [0.3, 0.4) is 0 Å². The van der Waals surface area contributed by atoms with E-state index in [1.165, 1.54) is 6.20 Å². The Balaban J connectivity index is 2.22. The van der Waals surface area contributed by atoms with E-state index >= 15 is 0 Å². The SMILES string of the molecule is Cn1cc(OC(C(=O)O)c2ccccc2)cn1. The van der Waals surface area contributed by atoms with Crippen LogP contribution in [0.1, 0.15) is 11.7 Å². The molecule has 0 aliphatic carbocycles. The lowest BCUT2D eigenvalue weighted by Gasteiger charge is -2.13. The molecule has 17 heavy (non-hydrogen) atoms. The maximum Gasteiger partial charge on any atom is 0.349 e. The average Bonchev–Trinajstić information content (AvgIpc) is 2.73. The molecule has 0 aliphatic heterocycles. The van der Waals surface area contributed by atoms with Crippen molar-refractivity contribution in [3.05, 3.63) is 48.3 Å². The van der Waals surface area contributed by atoms with Crippen molar-refractivity contribution >= 4 is 5.97 Å². The lowest BCUT2D eigenvalue weighted by molar-refractivity contribution is -0.145. The van der Waals surface area contributed by atoms with Gasteiger partial charge >= 0.3 is 5.97 Å². The third-order valence-corrected chi connectivity index (χ3v) is 2.26. The second-order valence-electron chi connectivity index (χ2n) is 3.60. The molecular formula is C12H12N2O3. The molecule has 0 fully saturated rings. The zero-order valence-electron chi connectivity index (χ0n) is 9.28. The number of carbonyl (C=O) groups is 1. The minimum atomic E-state index is -1.03. The molecule has 0 spiro atoms. The molecule has 5 nitrogen and oxygen atoms in total. The zero-order valence-corrected chi connectivity index (χ0v) is 9.28. The number of ether oxygens (including phenoxy) is 1. The van der Waals surface area contributed by atoms with Crippen molar-refractivity contribution in [2.24, 2.45) is 7.05 Å². The summed E-state index contributed by atoms with van der Waals surface area (Å²) in [4.78, 5) is 11.2. The molecule has 1 aromatic heterocycles. The standard InChI is InChI=1S/C12H12N2O3/c1-14-8-10(7-13-14)17-11(12(15)16)9-5-3-2-4-6-9/h2-8,11H,1H3,(H,15,16). The van der Waals surface area contributed by atoms with Crippen LogP contribution in [0.15, 0.2) is 42.7 Å². The van der Waals surface area contributed by atoms with Crippen molar-refractivity contribution < 1.29 is 14.6 Å². The molecular weight excluding hydrogens is 220 g/mol. The van der Waals surface area contributed by atoms with Crippen LogP contribution < -0.4 is 4.74 Å². The summed E-state index contributed by atoms with van der Waals surface area (Å²) in [6.45, 7) is 0.